The first kappa shape index (κ1) is 16.6. The van der Waals surface area contributed by atoms with Gasteiger partial charge >= 0.3 is 6.18 Å². The molecule has 1 N–H and O–H groups in total. The fourth-order valence-electron chi connectivity index (χ4n) is 3.26. The minimum atomic E-state index is -4.05. The molecule has 1 nitrogen and oxygen atoms in total. The van der Waals surface area contributed by atoms with E-state index in [1.54, 1.807) is 0 Å². The molecule has 118 valence electrons. The molecule has 1 unspecified atom stereocenters. The third kappa shape index (κ3) is 3.92. The molecule has 1 aromatic carbocycles. The van der Waals surface area contributed by atoms with Crippen LogP contribution < -0.4 is 5.32 Å². The molecular weight excluding hydrogens is 299 g/mol. The first-order chi connectivity index (χ1) is 9.82. The third-order valence-electron chi connectivity index (χ3n) is 4.57. The predicted octanol–water partition coefficient (Wildman–Crippen LogP) is 5.28. The van der Waals surface area contributed by atoms with Gasteiger partial charge in [-0.1, -0.05) is 23.7 Å². The lowest BCUT2D eigenvalue weighted by Crippen LogP contribution is -2.33. The van der Waals surface area contributed by atoms with Crippen molar-refractivity contribution in [3.63, 3.8) is 0 Å². The minimum absolute atomic E-state index is 0.0669. The van der Waals surface area contributed by atoms with Gasteiger partial charge in [-0.2, -0.15) is 13.2 Å². The molecule has 1 aromatic rings. The van der Waals surface area contributed by atoms with Gasteiger partial charge in [-0.25, -0.2) is 0 Å². The van der Waals surface area contributed by atoms with Gasteiger partial charge in [0.05, 0.1) is 5.92 Å². The molecule has 1 saturated carbocycles. The molecule has 0 heterocycles. The topological polar surface area (TPSA) is 12.0 Å². The first-order valence-electron chi connectivity index (χ1n) is 7.33. The van der Waals surface area contributed by atoms with Crippen molar-refractivity contribution < 1.29 is 13.2 Å². The summed E-state index contributed by atoms with van der Waals surface area (Å²) in [6.45, 7) is 1.94. The number of rotatable bonds is 3. The second-order valence-corrected chi connectivity index (χ2v) is 6.34. The fraction of sp³-hybridized carbons (Fsp3) is 0.625. The lowest BCUT2D eigenvalue weighted by molar-refractivity contribution is -0.184. The van der Waals surface area contributed by atoms with Gasteiger partial charge in [-0.15, -0.1) is 0 Å². The first-order valence-corrected chi connectivity index (χ1v) is 7.70. The van der Waals surface area contributed by atoms with Crippen LogP contribution >= 0.6 is 11.6 Å². The number of nitrogens with one attached hydrogen (secondary N) is 1. The van der Waals surface area contributed by atoms with Gasteiger partial charge in [-0.05, 0) is 62.8 Å². The van der Waals surface area contributed by atoms with Gasteiger partial charge < -0.3 is 5.32 Å². The summed E-state index contributed by atoms with van der Waals surface area (Å²) >= 11 is 6.16. The Morgan fingerprint density at radius 1 is 1.19 bits per heavy atom. The largest absolute Gasteiger partial charge is 0.391 e. The molecule has 0 aliphatic heterocycles. The van der Waals surface area contributed by atoms with Crippen LogP contribution in [0.4, 0.5) is 13.2 Å². The maximum Gasteiger partial charge on any atom is 0.391 e. The Balaban J connectivity index is 2.07. The highest BCUT2D eigenvalue weighted by Gasteiger charge is 2.42. The normalized spacial score (nSPS) is 24.9. The van der Waals surface area contributed by atoms with Crippen LogP contribution in [-0.4, -0.2) is 13.2 Å². The van der Waals surface area contributed by atoms with E-state index in [0.29, 0.717) is 17.9 Å². The number of alkyl halides is 3. The summed E-state index contributed by atoms with van der Waals surface area (Å²) in [5, 5.41) is 3.95. The molecule has 0 radical (unpaired) electrons. The summed E-state index contributed by atoms with van der Waals surface area (Å²) in [6.07, 6.45) is -2.40. The van der Waals surface area contributed by atoms with Crippen LogP contribution in [0.2, 0.25) is 5.02 Å². The van der Waals surface area contributed by atoms with Gasteiger partial charge in [-0.3, -0.25) is 0 Å². The fourth-order valence-corrected chi connectivity index (χ4v) is 3.45. The maximum atomic E-state index is 12.7. The molecule has 0 amide bonds. The second-order valence-electron chi connectivity index (χ2n) is 5.93. The van der Waals surface area contributed by atoms with Gasteiger partial charge in [0.1, 0.15) is 0 Å². The highest BCUT2D eigenvalue weighted by Crippen LogP contribution is 2.43. The Labute approximate surface area is 128 Å². The minimum Gasteiger partial charge on any atom is -0.313 e. The van der Waals surface area contributed by atoms with Crippen molar-refractivity contribution >= 4 is 11.6 Å². The number of hydrogen-bond donors (Lipinski definition) is 1. The van der Waals surface area contributed by atoms with Gasteiger partial charge in [0.2, 0.25) is 0 Å². The molecule has 5 heteroatoms. The van der Waals surface area contributed by atoms with Crippen molar-refractivity contribution in [3.8, 4) is 0 Å². The average molecular weight is 320 g/mol. The summed E-state index contributed by atoms with van der Waals surface area (Å²) in [7, 11) is 1.86. The highest BCUT2D eigenvalue weighted by molar-refractivity contribution is 6.31. The number of hydrogen-bond acceptors (Lipinski definition) is 1. The van der Waals surface area contributed by atoms with Crippen molar-refractivity contribution in [2.75, 3.05) is 7.05 Å². The molecule has 1 fully saturated rings. The Morgan fingerprint density at radius 2 is 1.81 bits per heavy atom. The van der Waals surface area contributed by atoms with E-state index in [-0.39, 0.29) is 24.8 Å². The van der Waals surface area contributed by atoms with Crippen LogP contribution in [0.25, 0.3) is 0 Å². The smallest absolute Gasteiger partial charge is 0.313 e. The summed E-state index contributed by atoms with van der Waals surface area (Å²) in [5.41, 5.74) is 2.07. The zero-order valence-corrected chi connectivity index (χ0v) is 13.1. The number of aryl methyl sites for hydroxylation is 1. The number of halogens is 4. The highest BCUT2D eigenvalue weighted by atomic mass is 35.5. The van der Waals surface area contributed by atoms with E-state index < -0.39 is 12.1 Å². The van der Waals surface area contributed by atoms with E-state index in [1.807, 2.05) is 32.2 Å². The molecule has 0 aromatic heterocycles. The van der Waals surface area contributed by atoms with Crippen molar-refractivity contribution in [2.24, 2.45) is 11.8 Å². The Morgan fingerprint density at radius 3 is 2.29 bits per heavy atom. The monoisotopic (exact) mass is 319 g/mol. The van der Waals surface area contributed by atoms with E-state index in [1.165, 1.54) is 0 Å². The van der Waals surface area contributed by atoms with E-state index in [9.17, 15) is 13.2 Å². The molecule has 1 aliphatic rings. The molecule has 2 rings (SSSR count). The third-order valence-corrected chi connectivity index (χ3v) is 4.98. The second kappa shape index (κ2) is 6.57. The Hall–Kier alpha value is -0.740. The van der Waals surface area contributed by atoms with E-state index >= 15 is 0 Å². The summed E-state index contributed by atoms with van der Waals surface area (Å²) < 4.78 is 38.2. The molecule has 0 bridgehead atoms. The summed E-state index contributed by atoms with van der Waals surface area (Å²) in [4.78, 5) is 0. The number of benzene rings is 1. The van der Waals surface area contributed by atoms with Crippen LogP contribution in [0, 0.1) is 18.8 Å². The van der Waals surface area contributed by atoms with Gasteiger partial charge in [0.15, 0.2) is 0 Å². The van der Waals surface area contributed by atoms with Gasteiger partial charge in [0, 0.05) is 11.1 Å². The molecule has 1 aliphatic carbocycles. The summed E-state index contributed by atoms with van der Waals surface area (Å²) in [5.74, 6) is -0.903. The van der Waals surface area contributed by atoms with Crippen molar-refractivity contribution in [2.45, 2.75) is 44.8 Å². The molecule has 1 atom stereocenters. The molecular formula is C16H21ClF3N. The predicted molar refractivity (Wildman–Crippen MR) is 79.5 cm³/mol. The maximum absolute atomic E-state index is 12.7. The zero-order valence-electron chi connectivity index (χ0n) is 12.3. The summed E-state index contributed by atoms with van der Waals surface area (Å²) in [6, 6.07) is 5.97. The SMILES string of the molecule is CNC(c1ccc(C)c(Cl)c1)C1CCC(C(F)(F)F)CC1. The standard InChI is InChI=1S/C16H21ClF3N/c1-10-3-4-12(9-14(10)17)15(21-2)11-5-7-13(8-6-11)16(18,19)20/h3-4,9,11,13,15,21H,5-8H2,1-2H3. The molecule has 21 heavy (non-hydrogen) atoms. The quantitative estimate of drug-likeness (QED) is 0.799. The van der Waals surface area contributed by atoms with E-state index in [4.69, 9.17) is 11.6 Å². The lowest BCUT2D eigenvalue weighted by Gasteiger charge is -2.34. The lowest BCUT2D eigenvalue weighted by atomic mass is 9.76. The zero-order chi connectivity index (χ0) is 15.6. The molecule has 0 spiro atoms. The van der Waals surface area contributed by atoms with Crippen molar-refractivity contribution in [1.29, 1.82) is 0 Å². The Kier molecular flexibility index (Phi) is 5.20. The van der Waals surface area contributed by atoms with Crippen molar-refractivity contribution in [1.82, 2.24) is 5.32 Å². The van der Waals surface area contributed by atoms with Crippen molar-refractivity contribution in [3.05, 3.63) is 34.3 Å². The average Bonchev–Trinajstić information content (AvgIpc) is 2.43. The van der Waals surface area contributed by atoms with E-state index in [0.717, 1.165) is 11.1 Å². The van der Waals surface area contributed by atoms with Crippen LogP contribution in [0.5, 0.6) is 0 Å². The van der Waals surface area contributed by atoms with Crippen LogP contribution in [0.1, 0.15) is 42.9 Å². The van der Waals surface area contributed by atoms with Gasteiger partial charge in [0.25, 0.3) is 0 Å². The van der Waals surface area contributed by atoms with E-state index in [2.05, 4.69) is 5.32 Å². The van der Waals surface area contributed by atoms with Crippen LogP contribution in [0.3, 0.4) is 0 Å². The van der Waals surface area contributed by atoms with Crippen LogP contribution in [-0.2, 0) is 0 Å². The van der Waals surface area contributed by atoms with Crippen LogP contribution in [0.15, 0.2) is 18.2 Å². The molecule has 0 saturated heterocycles. The Bertz CT molecular complexity index is 479.